The fourth-order valence-electron chi connectivity index (χ4n) is 0.182. The topological polar surface area (TPSA) is 44.0 Å². The molecule has 0 rings (SSSR count). The molecule has 0 spiro atoms. The largest absolute Gasteiger partial charge is 0.392 e. The van der Waals surface area contributed by atoms with E-state index in [1.807, 2.05) is 12.3 Å². The van der Waals surface area contributed by atoms with Crippen LogP contribution >= 0.6 is 11.8 Å². The maximum absolute atomic E-state index is 8.78. The van der Waals surface area contributed by atoms with Gasteiger partial charge in [0.15, 0.2) is 0 Å². The average Bonchev–Trinajstić information content (AvgIpc) is 1.67. The van der Waals surface area contributed by atoms with Crippen LogP contribution in [0.2, 0.25) is 0 Å². The Balaban J connectivity index is 3.35. The van der Waals surface area contributed by atoms with Gasteiger partial charge in [-0.15, -0.1) is 0 Å². The number of nitriles is 1. The molecule has 0 aromatic heterocycles. The van der Waals surface area contributed by atoms with E-state index >= 15 is 0 Å². The fourth-order valence-corrected chi connectivity index (χ4v) is 0.545. The standard InChI is InChI=1S/C5H9NOS/c1-4(7)5(2)8-3-6/h4-5,7H,1-2H3. The van der Waals surface area contributed by atoms with Crippen LogP contribution in [0.4, 0.5) is 0 Å². The van der Waals surface area contributed by atoms with Gasteiger partial charge in [-0.3, -0.25) is 0 Å². The minimum Gasteiger partial charge on any atom is -0.392 e. The van der Waals surface area contributed by atoms with E-state index in [0.29, 0.717) is 0 Å². The van der Waals surface area contributed by atoms with Crippen LogP contribution in [-0.4, -0.2) is 16.5 Å². The van der Waals surface area contributed by atoms with Crippen LogP contribution in [0.15, 0.2) is 0 Å². The normalized spacial score (nSPS) is 16.8. The first-order chi connectivity index (χ1) is 3.68. The monoisotopic (exact) mass is 131 g/mol. The number of nitrogens with zero attached hydrogens (tertiary/aromatic N) is 1. The maximum Gasteiger partial charge on any atom is 0.133 e. The van der Waals surface area contributed by atoms with Gasteiger partial charge in [-0.05, 0) is 25.6 Å². The molecule has 0 saturated carbocycles. The summed E-state index contributed by atoms with van der Waals surface area (Å²) in [6, 6.07) is 0. The predicted molar refractivity (Wildman–Crippen MR) is 34.3 cm³/mol. The molecule has 2 nitrogen and oxygen atoms in total. The third-order valence-corrected chi connectivity index (χ3v) is 1.79. The number of aliphatic hydroxyl groups is 1. The molecular formula is C5H9NOS. The molecular weight excluding hydrogens is 122 g/mol. The quantitative estimate of drug-likeness (QED) is 0.568. The van der Waals surface area contributed by atoms with Gasteiger partial charge in [0.25, 0.3) is 0 Å². The van der Waals surface area contributed by atoms with Crippen LogP contribution in [0, 0.1) is 10.7 Å². The van der Waals surface area contributed by atoms with Crippen molar-refractivity contribution in [2.75, 3.05) is 0 Å². The van der Waals surface area contributed by atoms with Gasteiger partial charge in [-0.1, -0.05) is 0 Å². The summed E-state index contributed by atoms with van der Waals surface area (Å²) in [6.07, 6.45) is -0.389. The number of hydrogen-bond donors (Lipinski definition) is 1. The third-order valence-electron chi connectivity index (χ3n) is 0.918. The molecule has 0 amide bonds. The number of aliphatic hydroxyl groups excluding tert-OH is 1. The SMILES string of the molecule is CC(O)C(C)SC#N. The molecule has 8 heavy (non-hydrogen) atoms. The molecule has 0 aliphatic carbocycles. The van der Waals surface area contributed by atoms with Gasteiger partial charge in [-0.25, -0.2) is 0 Å². The minimum absolute atomic E-state index is 0.0278. The number of rotatable bonds is 2. The summed E-state index contributed by atoms with van der Waals surface area (Å²) in [4.78, 5) is 0. The van der Waals surface area contributed by atoms with Crippen molar-refractivity contribution in [2.24, 2.45) is 0 Å². The van der Waals surface area contributed by atoms with E-state index in [1.54, 1.807) is 6.92 Å². The van der Waals surface area contributed by atoms with E-state index in [9.17, 15) is 0 Å². The first-order valence-electron chi connectivity index (χ1n) is 2.41. The summed E-state index contributed by atoms with van der Waals surface area (Å²) in [7, 11) is 0. The molecule has 2 unspecified atom stereocenters. The molecule has 0 aliphatic heterocycles. The Morgan fingerprint density at radius 1 is 1.62 bits per heavy atom. The summed E-state index contributed by atoms with van der Waals surface area (Å²) in [5, 5.41) is 18.8. The Morgan fingerprint density at radius 2 is 2.12 bits per heavy atom. The highest BCUT2D eigenvalue weighted by Gasteiger charge is 2.07. The zero-order valence-electron chi connectivity index (χ0n) is 4.96. The van der Waals surface area contributed by atoms with Crippen molar-refractivity contribution in [3.05, 3.63) is 0 Å². The van der Waals surface area contributed by atoms with Gasteiger partial charge >= 0.3 is 0 Å². The van der Waals surface area contributed by atoms with Crippen molar-refractivity contribution < 1.29 is 5.11 Å². The maximum atomic E-state index is 8.78. The fraction of sp³-hybridized carbons (Fsp3) is 0.800. The summed E-state index contributed by atoms with van der Waals surface area (Å²) < 4.78 is 0. The summed E-state index contributed by atoms with van der Waals surface area (Å²) >= 11 is 1.09. The van der Waals surface area contributed by atoms with Gasteiger partial charge in [0.2, 0.25) is 0 Å². The highest BCUT2D eigenvalue weighted by atomic mass is 32.2. The van der Waals surface area contributed by atoms with Gasteiger partial charge in [0, 0.05) is 5.25 Å². The van der Waals surface area contributed by atoms with Crippen molar-refractivity contribution in [3.63, 3.8) is 0 Å². The third kappa shape index (κ3) is 2.89. The number of thioether (sulfide) groups is 1. The van der Waals surface area contributed by atoms with Crippen LogP contribution in [0.5, 0.6) is 0 Å². The van der Waals surface area contributed by atoms with Gasteiger partial charge in [-0.2, -0.15) is 5.26 Å². The van der Waals surface area contributed by atoms with E-state index in [-0.39, 0.29) is 11.4 Å². The van der Waals surface area contributed by atoms with Gasteiger partial charge < -0.3 is 5.11 Å². The molecule has 0 aliphatic rings. The molecule has 2 atom stereocenters. The van der Waals surface area contributed by atoms with E-state index in [0.717, 1.165) is 11.8 Å². The van der Waals surface area contributed by atoms with Crippen LogP contribution < -0.4 is 0 Å². The first kappa shape index (κ1) is 7.80. The Kier molecular flexibility index (Phi) is 3.67. The van der Waals surface area contributed by atoms with Crippen molar-refractivity contribution >= 4 is 11.8 Å². The first-order valence-corrected chi connectivity index (χ1v) is 3.29. The second-order valence-electron chi connectivity index (χ2n) is 1.65. The Morgan fingerprint density at radius 3 is 2.25 bits per heavy atom. The van der Waals surface area contributed by atoms with Crippen LogP contribution in [0.3, 0.4) is 0 Å². The molecule has 0 saturated heterocycles. The number of hydrogen-bond acceptors (Lipinski definition) is 3. The lowest BCUT2D eigenvalue weighted by atomic mass is 10.3. The Bertz CT molecular complexity index is 97.1. The number of thiocyanates is 1. The molecule has 0 bridgehead atoms. The predicted octanol–water partition coefficient (Wildman–Crippen LogP) is 0.970. The van der Waals surface area contributed by atoms with Crippen molar-refractivity contribution in [3.8, 4) is 5.40 Å². The lowest BCUT2D eigenvalue weighted by Crippen LogP contribution is -2.13. The second kappa shape index (κ2) is 3.76. The Hall–Kier alpha value is -0.200. The van der Waals surface area contributed by atoms with E-state index in [1.165, 1.54) is 0 Å². The molecule has 0 heterocycles. The van der Waals surface area contributed by atoms with E-state index in [4.69, 9.17) is 10.4 Å². The summed E-state index contributed by atoms with van der Waals surface area (Å²) in [5.41, 5.74) is 0. The molecule has 3 heteroatoms. The summed E-state index contributed by atoms with van der Waals surface area (Å²) in [5.74, 6) is 0. The smallest absolute Gasteiger partial charge is 0.133 e. The lowest BCUT2D eigenvalue weighted by Gasteiger charge is -2.07. The van der Waals surface area contributed by atoms with E-state index in [2.05, 4.69) is 0 Å². The average molecular weight is 131 g/mol. The van der Waals surface area contributed by atoms with Crippen molar-refractivity contribution in [1.82, 2.24) is 0 Å². The van der Waals surface area contributed by atoms with Crippen LogP contribution in [0.25, 0.3) is 0 Å². The van der Waals surface area contributed by atoms with Gasteiger partial charge in [0.05, 0.1) is 6.10 Å². The minimum atomic E-state index is -0.389. The molecule has 0 aromatic rings. The van der Waals surface area contributed by atoms with Crippen molar-refractivity contribution in [2.45, 2.75) is 25.2 Å². The van der Waals surface area contributed by atoms with Crippen LogP contribution in [0.1, 0.15) is 13.8 Å². The zero-order chi connectivity index (χ0) is 6.57. The summed E-state index contributed by atoms with van der Waals surface area (Å²) in [6.45, 7) is 3.49. The Labute approximate surface area is 53.5 Å². The van der Waals surface area contributed by atoms with Crippen molar-refractivity contribution in [1.29, 1.82) is 5.26 Å². The molecule has 0 fully saturated rings. The highest BCUT2D eigenvalue weighted by Crippen LogP contribution is 2.10. The molecule has 0 radical (unpaired) electrons. The molecule has 46 valence electrons. The highest BCUT2D eigenvalue weighted by molar-refractivity contribution is 8.04. The molecule has 0 aromatic carbocycles. The molecule has 1 N–H and O–H groups in total. The van der Waals surface area contributed by atoms with Crippen LogP contribution in [-0.2, 0) is 0 Å². The van der Waals surface area contributed by atoms with E-state index < -0.39 is 0 Å². The van der Waals surface area contributed by atoms with Gasteiger partial charge in [0.1, 0.15) is 5.40 Å². The second-order valence-corrected chi connectivity index (χ2v) is 2.82. The lowest BCUT2D eigenvalue weighted by molar-refractivity contribution is 0.196. The zero-order valence-corrected chi connectivity index (χ0v) is 5.77.